The van der Waals surface area contributed by atoms with Gasteiger partial charge < -0.3 is 5.32 Å². The van der Waals surface area contributed by atoms with E-state index in [4.69, 9.17) is 11.6 Å². The third-order valence-corrected chi connectivity index (χ3v) is 5.79. The minimum atomic E-state index is 0.147. The zero-order valence-electron chi connectivity index (χ0n) is 16.5. The van der Waals surface area contributed by atoms with Crippen molar-refractivity contribution < 1.29 is 4.79 Å². The largest absolute Gasteiger partial charge is 0.353 e. The number of halogens is 1. The van der Waals surface area contributed by atoms with E-state index in [0.29, 0.717) is 6.42 Å². The molecular weight excluding hydrogens is 360 g/mol. The highest BCUT2D eigenvalue weighted by atomic mass is 35.5. The van der Waals surface area contributed by atoms with Crippen LogP contribution in [0.5, 0.6) is 0 Å². The fourth-order valence-electron chi connectivity index (χ4n) is 3.80. The number of carbonyl (C=O) groups excluding carboxylic acids is 1. The second kappa shape index (κ2) is 8.89. The Morgan fingerprint density at radius 1 is 1.22 bits per heavy atom. The first-order valence-electron chi connectivity index (χ1n) is 9.67. The zero-order valence-corrected chi connectivity index (χ0v) is 17.2. The second-order valence-corrected chi connectivity index (χ2v) is 7.95. The van der Waals surface area contributed by atoms with Gasteiger partial charge in [-0.15, -0.1) is 0 Å². The minimum Gasteiger partial charge on any atom is -0.353 e. The predicted octanol–water partition coefficient (Wildman–Crippen LogP) is 3.40. The maximum atomic E-state index is 12.4. The van der Waals surface area contributed by atoms with Crippen LogP contribution < -0.4 is 5.32 Å². The van der Waals surface area contributed by atoms with Crippen LogP contribution in [0.15, 0.2) is 24.3 Å². The van der Waals surface area contributed by atoms with E-state index >= 15 is 0 Å². The van der Waals surface area contributed by atoms with Gasteiger partial charge in [-0.1, -0.05) is 23.7 Å². The molecule has 2 heterocycles. The van der Waals surface area contributed by atoms with Crippen LogP contribution in [0.4, 0.5) is 0 Å². The van der Waals surface area contributed by atoms with Gasteiger partial charge in [0.25, 0.3) is 0 Å². The van der Waals surface area contributed by atoms with Gasteiger partial charge in [0.05, 0.1) is 5.69 Å². The number of aromatic nitrogens is 2. The molecule has 0 atom stereocenters. The number of benzene rings is 1. The summed E-state index contributed by atoms with van der Waals surface area (Å²) in [4.78, 5) is 14.8. The van der Waals surface area contributed by atoms with Gasteiger partial charge in [0, 0.05) is 49.9 Å². The fourth-order valence-corrected chi connectivity index (χ4v) is 3.93. The van der Waals surface area contributed by atoms with Crippen molar-refractivity contribution in [3.63, 3.8) is 0 Å². The van der Waals surface area contributed by atoms with Gasteiger partial charge in [-0.25, -0.2) is 0 Å². The van der Waals surface area contributed by atoms with Gasteiger partial charge in [0.2, 0.25) is 5.91 Å². The highest BCUT2D eigenvalue weighted by Gasteiger charge is 2.21. The maximum Gasteiger partial charge on any atom is 0.220 e. The third kappa shape index (κ3) is 5.33. The lowest BCUT2D eigenvalue weighted by atomic mass is 10.0. The van der Waals surface area contributed by atoms with E-state index in [1.807, 2.05) is 30.8 Å². The molecule has 146 valence electrons. The number of hydrogen-bond acceptors (Lipinski definition) is 3. The van der Waals surface area contributed by atoms with Crippen LogP contribution in [0, 0.1) is 13.8 Å². The summed E-state index contributed by atoms with van der Waals surface area (Å²) in [5, 5.41) is 8.42. The maximum absolute atomic E-state index is 12.4. The lowest BCUT2D eigenvalue weighted by Gasteiger charge is -2.32. The number of nitrogens with one attached hydrogen (secondary N) is 1. The van der Waals surface area contributed by atoms with E-state index in [-0.39, 0.29) is 11.9 Å². The summed E-state index contributed by atoms with van der Waals surface area (Å²) in [5.41, 5.74) is 4.66. The Morgan fingerprint density at radius 2 is 1.89 bits per heavy atom. The van der Waals surface area contributed by atoms with Crippen LogP contribution >= 0.6 is 11.6 Å². The number of piperidine rings is 1. The van der Waals surface area contributed by atoms with Crippen LogP contribution in [-0.4, -0.2) is 39.7 Å². The van der Waals surface area contributed by atoms with Gasteiger partial charge in [-0.05, 0) is 56.4 Å². The summed E-state index contributed by atoms with van der Waals surface area (Å²) in [6.07, 6.45) is 3.29. The summed E-state index contributed by atoms with van der Waals surface area (Å²) >= 11 is 5.95. The average molecular weight is 389 g/mol. The molecular formula is C21H29ClN4O. The molecule has 0 saturated carbocycles. The Kier molecular flexibility index (Phi) is 6.55. The first-order chi connectivity index (χ1) is 12.9. The molecule has 5 nitrogen and oxygen atoms in total. The molecule has 1 aliphatic rings. The molecule has 1 aromatic carbocycles. The minimum absolute atomic E-state index is 0.147. The topological polar surface area (TPSA) is 50.2 Å². The molecule has 2 aromatic rings. The Hall–Kier alpha value is -1.85. The number of nitrogens with zero attached hydrogens (tertiary/aromatic N) is 3. The lowest BCUT2D eigenvalue weighted by Crippen LogP contribution is -2.44. The van der Waals surface area contributed by atoms with Crippen LogP contribution in [0.2, 0.25) is 5.02 Å². The molecule has 1 aromatic heterocycles. The van der Waals surface area contributed by atoms with Gasteiger partial charge in [-0.3, -0.25) is 14.4 Å². The molecule has 1 N–H and O–H groups in total. The normalized spacial score (nSPS) is 15.9. The molecule has 1 saturated heterocycles. The molecule has 1 aliphatic heterocycles. The first kappa shape index (κ1) is 19.9. The molecule has 3 rings (SSSR count). The van der Waals surface area contributed by atoms with Crippen molar-refractivity contribution in [2.24, 2.45) is 7.05 Å². The van der Waals surface area contributed by atoms with Gasteiger partial charge in [0.1, 0.15) is 0 Å². The van der Waals surface area contributed by atoms with E-state index in [9.17, 15) is 4.79 Å². The summed E-state index contributed by atoms with van der Waals surface area (Å²) in [5.74, 6) is 0.147. The average Bonchev–Trinajstić information content (AvgIpc) is 2.89. The third-order valence-electron chi connectivity index (χ3n) is 5.53. The van der Waals surface area contributed by atoms with Gasteiger partial charge >= 0.3 is 0 Å². The molecule has 1 fully saturated rings. The molecule has 27 heavy (non-hydrogen) atoms. The highest BCUT2D eigenvalue weighted by molar-refractivity contribution is 6.30. The molecule has 6 heteroatoms. The Labute approximate surface area is 166 Å². The molecule has 1 amide bonds. The molecule has 0 unspecified atom stereocenters. The van der Waals surface area contributed by atoms with E-state index in [0.717, 1.165) is 55.3 Å². The molecule has 0 bridgehead atoms. The Morgan fingerprint density at radius 3 is 2.48 bits per heavy atom. The first-order valence-corrected chi connectivity index (χ1v) is 10.1. The summed E-state index contributed by atoms with van der Waals surface area (Å²) < 4.78 is 1.89. The van der Waals surface area contributed by atoms with Crippen LogP contribution in [0.3, 0.4) is 0 Å². The van der Waals surface area contributed by atoms with E-state index in [1.54, 1.807) is 0 Å². The lowest BCUT2D eigenvalue weighted by molar-refractivity contribution is -0.122. The number of amides is 1. The van der Waals surface area contributed by atoms with Crippen LogP contribution in [0.1, 0.15) is 41.8 Å². The zero-order chi connectivity index (χ0) is 19.4. The van der Waals surface area contributed by atoms with E-state index < -0.39 is 0 Å². The van der Waals surface area contributed by atoms with Crippen molar-refractivity contribution in [2.75, 3.05) is 13.1 Å². The van der Waals surface area contributed by atoms with E-state index in [1.165, 1.54) is 11.1 Å². The Balaban J connectivity index is 1.40. The molecule has 0 spiro atoms. The Bertz CT molecular complexity index is 776. The van der Waals surface area contributed by atoms with Gasteiger partial charge in [0.15, 0.2) is 0 Å². The van der Waals surface area contributed by atoms with Crippen molar-refractivity contribution in [3.8, 4) is 0 Å². The van der Waals surface area contributed by atoms with Crippen molar-refractivity contribution in [3.05, 3.63) is 51.8 Å². The number of likely N-dealkylation sites (tertiary alicyclic amines) is 1. The summed E-state index contributed by atoms with van der Waals surface area (Å²) in [7, 11) is 1.95. The number of hydrogen-bond donors (Lipinski definition) is 1. The van der Waals surface area contributed by atoms with Crippen molar-refractivity contribution >= 4 is 17.5 Å². The predicted molar refractivity (Wildman–Crippen MR) is 109 cm³/mol. The number of carbonyl (C=O) groups is 1. The van der Waals surface area contributed by atoms with Crippen LogP contribution in [-0.2, 0) is 24.8 Å². The summed E-state index contributed by atoms with van der Waals surface area (Å²) in [6.45, 7) is 7.03. The second-order valence-electron chi connectivity index (χ2n) is 7.52. The van der Waals surface area contributed by atoms with Crippen molar-refractivity contribution in [2.45, 2.75) is 52.1 Å². The highest BCUT2D eigenvalue weighted by Crippen LogP contribution is 2.17. The standard InChI is InChI=1S/C21H29ClN4O/c1-15-20(16(2)25(3)24-15)8-9-21(27)23-19-10-12-26(13-11-19)14-17-4-6-18(22)7-5-17/h4-7,19H,8-14H2,1-3H3,(H,23,27). The summed E-state index contributed by atoms with van der Waals surface area (Å²) in [6, 6.07) is 8.33. The smallest absolute Gasteiger partial charge is 0.220 e. The van der Waals surface area contributed by atoms with Crippen LogP contribution in [0.25, 0.3) is 0 Å². The van der Waals surface area contributed by atoms with Gasteiger partial charge in [-0.2, -0.15) is 5.10 Å². The van der Waals surface area contributed by atoms with Crippen molar-refractivity contribution in [1.82, 2.24) is 20.0 Å². The van der Waals surface area contributed by atoms with Crippen molar-refractivity contribution in [1.29, 1.82) is 0 Å². The number of aryl methyl sites for hydroxylation is 2. The quantitative estimate of drug-likeness (QED) is 0.825. The molecule has 0 radical (unpaired) electrons. The monoisotopic (exact) mass is 388 g/mol. The number of rotatable bonds is 6. The van der Waals surface area contributed by atoms with E-state index in [2.05, 4.69) is 34.4 Å². The molecule has 0 aliphatic carbocycles. The fraction of sp³-hybridized carbons (Fsp3) is 0.524. The SMILES string of the molecule is Cc1nn(C)c(C)c1CCC(=O)NC1CCN(Cc2ccc(Cl)cc2)CC1.